The predicted molar refractivity (Wildman–Crippen MR) is 57.0 cm³/mol. The number of aromatic nitrogens is 4. The van der Waals surface area contributed by atoms with Crippen LogP contribution in [0.5, 0.6) is 0 Å². The molecule has 1 unspecified atom stereocenters. The van der Waals surface area contributed by atoms with Gasteiger partial charge in [0.15, 0.2) is 5.82 Å². The van der Waals surface area contributed by atoms with E-state index < -0.39 is 18.7 Å². The van der Waals surface area contributed by atoms with Crippen molar-refractivity contribution in [3.8, 4) is 0 Å². The van der Waals surface area contributed by atoms with Crippen LogP contribution in [0, 0.1) is 0 Å². The van der Waals surface area contributed by atoms with Crippen LogP contribution in [0.4, 0.5) is 4.39 Å². The van der Waals surface area contributed by atoms with Gasteiger partial charge < -0.3 is 10.8 Å². The quantitative estimate of drug-likeness (QED) is 0.603. The molecule has 0 fully saturated rings. The lowest BCUT2D eigenvalue weighted by Crippen LogP contribution is -2.30. The first-order chi connectivity index (χ1) is 8.15. The van der Waals surface area contributed by atoms with E-state index in [0.717, 1.165) is 0 Å². The molecule has 0 aliphatic heterocycles. The Balaban J connectivity index is 2.49. The Morgan fingerprint density at radius 1 is 1.47 bits per heavy atom. The molecule has 0 saturated carbocycles. The number of aliphatic carboxylic acids is 1. The van der Waals surface area contributed by atoms with Gasteiger partial charge in [-0.15, -0.1) is 10.2 Å². The van der Waals surface area contributed by atoms with Crippen LogP contribution < -0.4 is 5.73 Å². The number of halogens is 1. The van der Waals surface area contributed by atoms with Gasteiger partial charge in [0, 0.05) is 5.92 Å². The highest BCUT2D eigenvalue weighted by molar-refractivity contribution is 5.72. The predicted octanol–water partition coefficient (Wildman–Crippen LogP) is 0.225. The lowest BCUT2D eigenvalue weighted by molar-refractivity contribution is -0.138. The van der Waals surface area contributed by atoms with E-state index in [1.165, 1.54) is 0 Å². The van der Waals surface area contributed by atoms with Crippen LogP contribution in [0.25, 0.3) is 0 Å². The van der Waals surface area contributed by atoms with E-state index in [0.29, 0.717) is 31.5 Å². The van der Waals surface area contributed by atoms with Crippen molar-refractivity contribution in [1.29, 1.82) is 0 Å². The Morgan fingerprint density at radius 2 is 2.24 bits per heavy atom. The first-order valence-corrected chi connectivity index (χ1v) is 5.42. The van der Waals surface area contributed by atoms with Crippen molar-refractivity contribution in [3.63, 3.8) is 0 Å². The average Bonchev–Trinajstić information content (AvgIpc) is 2.82. The number of aromatic amines is 1. The molecule has 7 nitrogen and oxygen atoms in total. The molecule has 1 aromatic rings. The molecule has 4 N–H and O–H groups in total. The van der Waals surface area contributed by atoms with Crippen molar-refractivity contribution in [2.45, 2.75) is 37.6 Å². The summed E-state index contributed by atoms with van der Waals surface area (Å²) in [6, 6.07) is -0.908. The summed E-state index contributed by atoms with van der Waals surface area (Å²) < 4.78 is 12.1. The van der Waals surface area contributed by atoms with Gasteiger partial charge in [0.25, 0.3) is 0 Å². The largest absolute Gasteiger partial charge is 0.480 e. The number of carbonyl (C=O) groups is 1. The van der Waals surface area contributed by atoms with E-state index in [1.54, 1.807) is 0 Å². The standard InChI is InChI=1S/C9H16FN5O2/c10-5-1-2-6(8-12-14-15-13-8)3-4-7(11)9(16)17/h6-7H,1-5,11H2,(H,16,17)(H,12,13,14,15)/t6?,7-/m0/s1. The molecule has 0 amide bonds. The Hall–Kier alpha value is -1.57. The molecule has 0 saturated heterocycles. The molecule has 1 rings (SSSR count). The second-order valence-electron chi connectivity index (χ2n) is 3.82. The first kappa shape index (κ1) is 13.5. The molecule has 0 bridgehead atoms. The van der Waals surface area contributed by atoms with Gasteiger partial charge >= 0.3 is 5.97 Å². The number of alkyl halides is 1. The number of H-pyrrole nitrogens is 1. The highest BCUT2D eigenvalue weighted by Gasteiger charge is 2.19. The van der Waals surface area contributed by atoms with Crippen LogP contribution in [0.1, 0.15) is 37.4 Å². The highest BCUT2D eigenvalue weighted by atomic mass is 19.1. The molecular weight excluding hydrogens is 229 g/mol. The molecule has 8 heteroatoms. The van der Waals surface area contributed by atoms with Gasteiger partial charge in [-0.3, -0.25) is 9.18 Å². The fourth-order valence-corrected chi connectivity index (χ4v) is 1.57. The Bertz CT molecular complexity index is 332. The Morgan fingerprint density at radius 3 is 2.76 bits per heavy atom. The summed E-state index contributed by atoms with van der Waals surface area (Å²) in [5, 5.41) is 22.1. The van der Waals surface area contributed by atoms with Gasteiger partial charge in [0.05, 0.1) is 6.67 Å². The molecule has 0 aliphatic carbocycles. The van der Waals surface area contributed by atoms with E-state index in [9.17, 15) is 9.18 Å². The van der Waals surface area contributed by atoms with E-state index in [2.05, 4.69) is 20.6 Å². The van der Waals surface area contributed by atoms with Gasteiger partial charge in [-0.05, 0) is 25.7 Å². The summed E-state index contributed by atoms with van der Waals surface area (Å²) in [5.41, 5.74) is 5.41. The Kier molecular flexibility index (Phi) is 5.47. The van der Waals surface area contributed by atoms with Crippen LogP contribution in [0.3, 0.4) is 0 Å². The van der Waals surface area contributed by atoms with Gasteiger partial charge in [0.1, 0.15) is 6.04 Å². The monoisotopic (exact) mass is 245 g/mol. The maximum atomic E-state index is 12.1. The number of tetrazole rings is 1. The number of hydrogen-bond donors (Lipinski definition) is 3. The third-order valence-corrected chi connectivity index (χ3v) is 2.56. The van der Waals surface area contributed by atoms with Gasteiger partial charge in [-0.1, -0.05) is 5.21 Å². The number of nitrogens with one attached hydrogen (secondary N) is 1. The minimum Gasteiger partial charge on any atom is -0.480 e. The molecular formula is C9H16FN5O2. The van der Waals surface area contributed by atoms with Gasteiger partial charge in [-0.2, -0.15) is 5.21 Å². The molecule has 1 heterocycles. The molecule has 17 heavy (non-hydrogen) atoms. The minimum absolute atomic E-state index is 0.102. The van der Waals surface area contributed by atoms with E-state index in [1.807, 2.05) is 0 Å². The second-order valence-corrected chi connectivity index (χ2v) is 3.82. The van der Waals surface area contributed by atoms with E-state index in [4.69, 9.17) is 10.8 Å². The van der Waals surface area contributed by atoms with Crippen molar-refractivity contribution in [2.24, 2.45) is 5.73 Å². The fraction of sp³-hybridized carbons (Fsp3) is 0.778. The van der Waals surface area contributed by atoms with Crippen molar-refractivity contribution < 1.29 is 14.3 Å². The second kappa shape index (κ2) is 6.89. The number of nitrogens with two attached hydrogens (primary N) is 1. The smallest absolute Gasteiger partial charge is 0.320 e. The summed E-state index contributed by atoms with van der Waals surface area (Å²) >= 11 is 0. The molecule has 0 spiro atoms. The summed E-state index contributed by atoms with van der Waals surface area (Å²) in [4.78, 5) is 10.6. The lowest BCUT2D eigenvalue weighted by Gasteiger charge is -2.13. The Labute approximate surface area is 97.6 Å². The summed E-state index contributed by atoms with van der Waals surface area (Å²) in [7, 11) is 0. The maximum Gasteiger partial charge on any atom is 0.320 e. The third-order valence-electron chi connectivity index (χ3n) is 2.56. The van der Waals surface area contributed by atoms with Crippen LogP contribution in [0.2, 0.25) is 0 Å². The van der Waals surface area contributed by atoms with Crippen LogP contribution in [0.15, 0.2) is 0 Å². The molecule has 1 aromatic heterocycles. The van der Waals surface area contributed by atoms with Crippen molar-refractivity contribution in [2.75, 3.05) is 6.67 Å². The van der Waals surface area contributed by atoms with Crippen molar-refractivity contribution in [1.82, 2.24) is 20.6 Å². The van der Waals surface area contributed by atoms with Gasteiger partial charge in [0.2, 0.25) is 0 Å². The van der Waals surface area contributed by atoms with E-state index >= 15 is 0 Å². The topological polar surface area (TPSA) is 118 Å². The van der Waals surface area contributed by atoms with Crippen LogP contribution >= 0.6 is 0 Å². The van der Waals surface area contributed by atoms with Gasteiger partial charge in [-0.25, -0.2) is 0 Å². The molecule has 0 aliphatic rings. The number of rotatable bonds is 8. The average molecular weight is 245 g/mol. The summed E-state index contributed by atoms with van der Waals surface area (Å²) in [5.74, 6) is -0.659. The van der Waals surface area contributed by atoms with Crippen molar-refractivity contribution in [3.05, 3.63) is 5.82 Å². The van der Waals surface area contributed by atoms with E-state index in [-0.39, 0.29) is 5.92 Å². The molecule has 2 atom stereocenters. The molecule has 96 valence electrons. The zero-order chi connectivity index (χ0) is 12.7. The maximum absolute atomic E-state index is 12.1. The molecule has 0 radical (unpaired) electrons. The number of carboxylic acid groups (broad SMARTS) is 1. The first-order valence-electron chi connectivity index (χ1n) is 5.42. The lowest BCUT2D eigenvalue weighted by atomic mass is 9.95. The number of nitrogens with zero attached hydrogens (tertiary/aromatic N) is 3. The zero-order valence-electron chi connectivity index (χ0n) is 9.34. The third kappa shape index (κ3) is 4.43. The summed E-state index contributed by atoms with van der Waals surface area (Å²) in [6.07, 6.45) is 1.76. The minimum atomic E-state index is -1.04. The highest BCUT2D eigenvalue weighted by Crippen LogP contribution is 2.23. The normalized spacial score (nSPS) is 14.5. The SMILES string of the molecule is N[C@@H](CCC(CCCF)c1nn[nH]n1)C(=O)O. The fourth-order valence-electron chi connectivity index (χ4n) is 1.57. The van der Waals surface area contributed by atoms with Crippen LogP contribution in [-0.4, -0.2) is 44.4 Å². The summed E-state index contributed by atoms with van der Waals surface area (Å²) in [6.45, 7) is -0.417. The van der Waals surface area contributed by atoms with Crippen LogP contribution in [-0.2, 0) is 4.79 Å². The zero-order valence-corrected chi connectivity index (χ0v) is 9.34. The van der Waals surface area contributed by atoms with Crippen molar-refractivity contribution >= 4 is 5.97 Å². The number of carboxylic acids is 1. The molecule has 0 aromatic carbocycles. The number of hydrogen-bond acceptors (Lipinski definition) is 5.